The molecule has 2 aromatic rings. The summed E-state index contributed by atoms with van der Waals surface area (Å²) in [4.78, 5) is 61.1. The fraction of sp³-hybridized carbons (Fsp3) is 0.683. The van der Waals surface area contributed by atoms with Crippen molar-refractivity contribution >= 4 is 35.2 Å². The number of hydrogen-bond acceptors (Lipinski definition) is 12. The van der Waals surface area contributed by atoms with Crippen LogP contribution in [0.25, 0.3) is 10.4 Å². The van der Waals surface area contributed by atoms with Gasteiger partial charge in [-0.25, -0.2) is 9.78 Å². The van der Waals surface area contributed by atoms with Crippen LogP contribution in [0.4, 0.5) is 4.79 Å². The minimum atomic E-state index is -0.961. The minimum Gasteiger partial charge on any atom is -0.444 e. The third-order valence-electron chi connectivity index (χ3n) is 9.71. The highest BCUT2D eigenvalue weighted by atomic mass is 32.1. The van der Waals surface area contributed by atoms with E-state index in [1.807, 2.05) is 85.2 Å². The zero-order valence-electron chi connectivity index (χ0n) is 34.8. The molecule has 0 bridgehead atoms. The van der Waals surface area contributed by atoms with E-state index in [4.69, 9.17) is 23.7 Å². The lowest BCUT2D eigenvalue weighted by Crippen LogP contribution is -2.58. The monoisotopic (exact) mass is 817 g/mol. The van der Waals surface area contributed by atoms with Crippen LogP contribution in [0.2, 0.25) is 0 Å². The Morgan fingerprint density at radius 3 is 2.11 bits per heavy atom. The Morgan fingerprint density at radius 2 is 1.53 bits per heavy atom. The maximum Gasteiger partial charge on any atom is 0.410 e. The quantitative estimate of drug-likeness (QED) is 0.183. The smallest absolute Gasteiger partial charge is 0.410 e. The highest BCUT2D eigenvalue weighted by Gasteiger charge is 2.44. The fourth-order valence-corrected chi connectivity index (χ4v) is 7.44. The van der Waals surface area contributed by atoms with Crippen molar-refractivity contribution in [2.24, 2.45) is 5.41 Å². The summed E-state index contributed by atoms with van der Waals surface area (Å²) in [5, 5.41) is 16.4. The Morgan fingerprint density at radius 1 is 0.912 bits per heavy atom. The van der Waals surface area contributed by atoms with Gasteiger partial charge in [0.2, 0.25) is 17.7 Å². The van der Waals surface area contributed by atoms with E-state index in [1.54, 1.807) is 16.2 Å². The third kappa shape index (κ3) is 14.6. The molecule has 4 atom stereocenters. The van der Waals surface area contributed by atoms with E-state index in [2.05, 4.69) is 15.6 Å². The van der Waals surface area contributed by atoms with Crippen LogP contribution in [-0.2, 0) is 38.1 Å². The summed E-state index contributed by atoms with van der Waals surface area (Å²) < 4.78 is 28.0. The van der Waals surface area contributed by atoms with Gasteiger partial charge in [0, 0.05) is 26.1 Å². The molecule has 2 aliphatic rings. The molecule has 2 saturated heterocycles. The van der Waals surface area contributed by atoms with Crippen LogP contribution in [0, 0.1) is 12.3 Å². The number of likely N-dealkylation sites (tertiary alicyclic amines) is 2. The van der Waals surface area contributed by atoms with Gasteiger partial charge < -0.3 is 49.2 Å². The molecule has 0 saturated carbocycles. The van der Waals surface area contributed by atoms with Crippen molar-refractivity contribution in [2.45, 2.75) is 111 Å². The fourth-order valence-electron chi connectivity index (χ4n) is 6.63. The van der Waals surface area contributed by atoms with Gasteiger partial charge >= 0.3 is 6.09 Å². The van der Waals surface area contributed by atoms with Crippen molar-refractivity contribution in [1.29, 1.82) is 0 Å². The maximum absolute atomic E-state index is 13.9. The SMILES string of the molecule is Cc1ncsc1-c1ccc([C@H](C)NC(=O)[C@@H]2C[C@@H](O)CN2C(=O)[C@@H](NC(=O)COCCOCCOCCOC2CCN(C(=O)OC(C)(C)C)CC2)C(C)(C)C)cc1. The van der Waals surface area contributed by atoms with Gasteiger partial charge in [-0.05, 0) is 64.0 Å². The molecule has 4 amide bonds. The van der Waals surface area contributed by atoms with Crippen LogP contribution >= 0.6 is 11.3 Å². The summed E-state index contributed by atoms with van der Waals surface area (Å²) in [6.45, 7) is 17.8. The highest BCUT2D eigenvalue weighted by molar-refractivity contribution is 7.13. The largest absolute Gasteiger partial charge is 0.444 e. The third-order valence-corrected chi connectivity index (χ3v) is 10.7. The molecule has 57 heavy (non-hydrogen) atoms. The Balaban J connectivity index is 1.11. The highest BCUT2D eigenvalue weighted by Crippen LogP contribution is 2.29. The average molecular weight is 818 g/mol. The summed E-state index contributed by atoms with van der Waals surface area (Å²) >= 11 is 1.57. The lowest BCUT2D eigenvalue weighted by atomic mass is 9.85. The van der Waals surface area contributed by atoms with E-state index in [1.165, 1.54) is 4.90 Å². The number of thiazole rings is 1. The molecule has 2 aliphatic heterocycles. The lowest BCUT2D eigenvalue weighted by molar-refractivity contribution is -0.144. The summed E-state index contributed by atoms with van der Waals surface area (Å²) in [5.74, 6) is -1.29. The van der Waals surface area contributed by atoms with Crippen LogP contribution in [0.15, 0.2) is 29.8 Å². The molecule has 318 valence electrons. The van der Waals surface area contributed by atoms with Crippen molar-refractivity contribution < 1.29 is 48.0 Å². The predicted molar refractivity (Wildman–Crippen MR) is 216 cm³/mol. The first kappa shape index (κ1) is 46.0. The molecule has 1 aromatic heterocycles. The molecule has 16 heteroatoms. The normalized spacial score (nSPS) is 19.0. The molecule has 15 nitrogen and oxygen atoms in total. The number of nitrogens with zero attached hydrogens (tertiary/aromatic N) is 3. The number of aliphatic hydroxyl groups is 1. The van der Waals surface area contributed by atoms with Crippen molar-refractivity contribution in [1.82, 2.24) is 25.4 Å². The summed E-state index contributed by atoms with van der Waals surface area (Å²) in [7, 11) is 0. The molecule has 0 radical (unpaired) electrons. The second-order valence-corrected chi connectivity index (χ2v) is 17.6. The van der Waals surface area contributed by atoms with E-state index in [9.17, 15) is 24.3 Å². The van der Waals surface area contributed by atoms with Crippen molar-refractivity contribution in [3.05, 3.63) is 41.0 Å². The molecule has 3 N–H and O–H groups in total. The maximum atomic E-state index is 13.9. The Kier molecular flexibility index (Phi) is 17.3. The second kappa shape index (κ2) is 21.4. The van der Waals surface area contributed by atoms with Crippen LogP contribution in [0.5, 0.6) is 0 Å². The zero-order chi connectivity index (χ0) is 41.8. The zero-order valence-corrected chi connectivity index (χ0v) is 35.7. The van der Waals surface area contributed by atoms with Gasteiger partial charge in [-0.3, -0.25) is 14.4 Å². The van der Waals surface area contributed by atoms with Crippen molar-refractivity contribution in [3.63, 3.8) is 0 Å². The number of aryl methyl sites for hydroxylation is 1. The number of hydrogen-bond donors (Lipinski definition) is 3. The number of ether oxygens (including phenoxy) is 5. The summed E-state index contributed by atoms with van der Waals surface area (Å²) in [6.07, 6.45) is 0.515. The van der Waals surface area contributed by atoms with Gasteiger partial charge in [-0.15, -0.1) is 11.3 Å². The average Bonchev–Trinajstić information content (AvgIpc) is 3.76. The molecular weight excluding hydrogens is 755 g/mol. The number of aliphatic hydroxyl groups excluding tert-OH is 1. The van der Waals surface area contributed by atoms with E-state index in [-0.39, 0.29) is 56.9 Å². The van der Waals surface area contributed by atoms with E-state index >= 15 is 0 Å². The molecule has 1 aromatic carbocycles. The van der Waals surface area contributed by atoms with Crippen LogP contribution < -0.4 is 10.6 Å². The first-order valence-electron chi connectivity index (χ1n) is 19.8. The molecule has 0 unspecified atom stereocenters. The number of β-amino-alcohol motifs (C(OH)–C–C–N with tert-alkyl or cyclic N) is 1. The molecule has 3 heterocycles. The number of piperidine rings is 1. The number of nitrogens with one attached hydrogen (secondary N) is 2. The van der Waals surface area contributed by atoms with Crippen molar-refractivity contribution in [2.75, 3.05) is 65.9 Å². The summed E-state index contributed by atoms with van der Waals surface area (Å²) in [5.41, 5.74) is 3.52. The standard InChI is InChI=1S/C41H63N5O10S/c1-27(29-9-11-30(12-10-29)35-28(2)42-26-57-35)43-37(49)33-23-31(47)24-46(33)38(50)36(40(3,4)5)44-34(48)25-54-20-19-52-17-18-53-21-22-55-32-13-15-45(16-14-32)39(51)56-41(6,7)8/h9-12,26-27,31-33,36,47H,13-25H2,1-8H3,(H,43,49)(H,44,48)/t27-,31+,33-,36+/m0/s1. The van der Waals surface area contributed by atoms with Gasteiger partial charge in [0.25, 0.3) is 0 Å². The number of amides is 4. The topological polar surface area (TPSA) is 178 Å². The predicted octanol–water partition coefficient (Wildman–Crippen LogP) is 4.25. The van der Waals surface area contributed by atoms with Crippen LogP contribution in [0.3, 0.4) is 0 Å². The Labute approximate surface area is 341 Å². The lowest BCUT2D eigenvalue weighted by Gasteiger charge is -2.35. The van der Waals surface area contributed by atoms with E-state index in [0.717, 1.165) is 34.5 Å². The first-order valence-corrected chi connectivity index (χ1v) is 20.7. The molecule has 2 fully saturated rings. The molecule has 4 rings (SSSR count). The van der Waals surface area contributed by atoms with Crippen LogP contribution in [-0.4, -0.2) is 139 Å². The minimum absolute atomic E-state index is 0.0159. The molecule has 0 aliphatic carbocycles. The number of carbonyl (C=O) groups excluding carboxylic acids is 4. The first-order chi connectivity index (χ1) is 26.9. The molecular formula is C41H63N5O10S. The van der Waals surface area contributed by atoms with Gasteiger partial charge in [-0.1, -0.05) is 45.0 Å². The van der Waals surface area contributed by atoms with E-state index < -0.39 is 41.0 Å². The van der Waals surface area contributed by atoms with Crippen molar-refractivity contribution in [3.8, 4) is 10.4 Å². The van der Waals surface area contributed by atoms with Gasteiger partial charge in [0.15, 0.2) is 0 Å². The summed E-state index contributed by atoms with van der Waals surface area (Å²) in [6, 6.07) is 5.72. The number of benzene rings is 1. The Bertz CT molecular complexity index is 1600. The number of rotatable bonds is 18. The number of aromatic nitrogens is 1. The van der Waals surface area contributed by atoms with E-state index in [0.29, 0.717) is 39.5 Å². The van der Waals surface area contributed by atoms with Gasteiger partial charge in [0.1, 0.15) is 24.3 Å². The Hall–Kier alpha value is -3.67. The van der Waals surface area contributed by atoms with Gasteiger partial charge in [-0.2, -0.15) is 0 Å². The van der Waals surface area contributed by atoms with Crippen LogP contribution in [0.1, 0.15) is 85.0 Å². The second-order valence-electron chi connectivity index (χ2n) is 16.7. The molecule has 0 spiro atoms. The number of carbonyl (C=O) groups is 4. The van der Waals surface area contributed by atoms with Gasteiger partial charge in [0.05, 0.1) is 74.0 Å².